The molecule has 0 aromatic heterocycles. The van der Waals surface area contributed by atoms with Gasteiger partial charge in [0.2, 0.25) is 65.0 Å². The molecule has 140 heavy (non-hydrogen) atoms. The number of hydrogen-bond donors (Lipinski definition) is 12. The van der Waals surface area contributed by atoms with Crippen molar-refractivity contribution in [2.75, 3.05) is 138 Å². The molecule has 11 amide bonds. The summed E-state index contributed by atoms with van der Waals surface area (Å²) in [5.74, 6) is -15.2. The van der Waals surface area contributed by atoms with Crippen molar-refractivity contribution in [2.24, 2.45) is 0 Å². The first kappa shape index (κ1) is 127. The largest absolute Gasteiger partial charge is 0.481 e. The highest BCUT2D eigenvalue weighted by Crippen LogP contribution is 2.22. The number of esters is 8. The van der Waals surface area contributed by atoms with Crippen LogP contribution in [-0.4, -0.2) is 362 Å². The molecule has 0 aromatic carbocycles. The van der Waals surface area contributed by atoms with Gasteiger partial charge < -0.3 is 111 Å². The van der Waals surface area contributed by atoms with Crippen LogP contribution in [0.4, 0.5) is 0 Å². The molecule has 0 radical (unpaired) electrons. The number of carbonyl (C=O) groups excluding carboxylic acids is 19. The molecule has 0 bridgehead atoms. The van der Waals surface area contributed by atoms with E-state index in [4.69, 9.17) is 47.4 Å². The lowest BCUT2D eigenvalue weighted by Gasteiger charge is -2.37. The minimum atomic E-state index is -1.65. The van der Waals surface area contributed by atoms with Crippen LogP contribution in [0.5, 0.6) is 0 Å². The van der Waals surface area contributed by atoms with E-state index < -0.39 is 265 Å². The molecule has 6 atom stereocenters. The lowest BCUT2D eigenvalue weighted by Crippen LogP contribution is -2.57. The zero-order valence-corrected chi connectivity index (χ0v) is 87.2. The Kier molecular flexibility index (Phi) is 56.1. The summed E-state index contributed by atoms with van der Waals surface area (Å²) >= 11 is 0. The monoisotopic (exact) mass is 2000 g/mol. The van der Waals surface area contributed by atoms with Crippen molar-refractivity contribution in [1.82, 2.24) is 78.1 Å². The summed E-state index contributed by atoms with van der Waals surface area (Å²) in [4.78, 5) is 273. The van der Waals surface area contributed by atoms with E-state index in [1.807, 2.05) is 19.6 Å². The van der Waals surface area contributed by atoms with Crippen LogP contribution in [0.1, 0.15) is 263 Å². The van der Waals surface area contributed by atoms with Gasteiger partial charge in [0.15, 0.2) is 0 Å². The van der Waals surface area contributed by atoms with Crippen molar-refractivity contribution < 1.29 is 148 Å². The number of hydrogen-bond acceptors (Lipinski definition) is 34. The van der Waals surface area contributed by atoms with Gasteiger partial charge in [-0.05, 0) is 218 Å². The maximum atomic E-state index is 14.4. The molecule has 0 unspecified atom stereocenters. The molecule has 1 heterocycles. The summed E-state index contributed by atoms with van der Waals surface area (Å²) in [7, 11) is 0. The number of carbonyl (C=O) groups is 20. The molecule has 1 aliphatic rings. The van der Waals surface area contributed by atoms with E-state index in [-0.39, 0.29) is 163 Å². The van der Waals surface area contributed by atoms with Crippen molar-refractivity contribution in [3.63, 3.8) is 0 Å². The van der Waals surface area contributed by atoms with Gasteiger partial charge in [0.05, 0.1) is 65.5 Å². The van der Waals surface area contributed by atoms with Crippen LogP contribution < -0.4 is 58.5 Å². The quantitative estimate of drug-likeness (QED) is 0.0230. The molecule has 46 heteroatoms. The van der Waals surface area contributed by atoms with Crippen LogP contribution >= 0.6 is 0 Å². The smallest absolute Gasteiger partial charge is 0.323 e. The predicted molar refractivity (Wildman–Crippen MR) is 509 cm³/mol. The summed E-state index contributed by atoms with van der Waals surface area (Å²) in [5.41, 5.74) is -7.10. The van der Waals surface area contributed by atoms with Crippen LogP contribution in [0.3, 0.4) is 0 Å². The fraction of sp³-hybridized carbons (Fsp3) is 0.787. The Balaban J connectivity index is 3.27. The Morgan fingerprint density at radius 3 is 0.943 bits per heavy atom. The lowest BCUT2D eigenvalue weighted by atomic mass is 10.1. The van der Waals surface area contributed by atoms with Crippen LogP contribution in [0.2, 0.25) is 0 Å². The van der Waals surface area contributed by atoms with Gasteiger partial charge in [-0.15, -0.1) is 0 Å². The van der Waals surface area contributed by atoms with Gasteiger partial charge in [-0.1, -0.05) is 0 Å². The van der Waals surface area contributed by atoms with Crippen molar-refractivity contribution in [3.05, 3.63) is 0 Å². The van der Waals surface area contributed by atoms with Gasteiger partial charge in [0.25, 0.3) is 0 Å². The Morgan fingerprint density at radius 2 is 0.586 bits per heavy atom. The van der Waals surface area contributed by atoms with E-state index >= 15 is 0 Å². The number of nitrogens with one attached hydrogen (secondary N) is 11. The second-order valence-corrected chi connectivity index (χ2v) is 41.8. The molecule has 1 rings (SSSR count). The number of carboxylic acid groups (broad SMARTS) is 1. The van der Waals surface area contributed by atoms with E-state index in [9.17, 15) is 101 Å². The fourth-order valence-corrected chi connectivity index (χ4v) is 13.0. The topological polar surface area (TPSA) is 599 Å². The molecule has 1 fully saturated rings. The average Bonchev–Trinajstić information content (AvgIpc) is 0.855. The lowest BCUT2D eigenvalue weighted by molar-refractivity contribution is -0.163. The highest BCUT2D eigenvalue weighted by Gasteiger charge is 2.38. The first-order valence-electron chi connectivity index (χ1n) is 47.6. The molecule has 12 N–H and O–H groups in total. The molecule has 1 aliphatic heterocycles. The van der Waals surface area contributed by atoms with E-state index in [2.05, 4.69) is 58.5 Å². The Bertz CT molecular complexity index is 4030. The third-order valence-corrected chi connectivity index (χ3v) is 18.8. The average molecular weight is 2000 g/mol. The SMILES string of the molecule is CC(=O)N[C@H](CCC(=O)OC(C)(C)C)C(=O)N[C@H](CCCCNC(=O)CNC(=O)CNC(=O)CNC(=O)CC[C@H](C(=O)OC(C)(C)C)N1CCN(CC(=O)OC(C)(C)C)CCN(CC(=O)OC(C)(C)C)CCN(CC(=O)OC(C)(C)C)CC1)C(=O)NCCOCCOCC(=O)N[C@H](CCC(=O)OC(C)(C)C)C(=O)N[C@H](CCC(=O)OC(C)(C)C)C(=O)N[C@H](CCC(=O)OC(C)(C)C)C(=O)NCCC(=O)O. The zero-order valence-electron chi connectivity index (χ0n) is 87.2. The standard InChI is InChI=1S/C94H163N15O31/c1-61(110)101-64(30-36-75(119)134-88(5,6)7)83(127)103-62(81(125)97-42-51-131-52-53-132-60-72(115)102-65(31-37-76(120)135-89(8,9)10)84(128)105-66(32-38-77(121)136-90(11,12)13)85(129)104-63(82(126)96-41-39-73(116)117)29-35-74(118)133-87(2,3)4)28-26-27-40-95-69(112)54-99-71(114)56-100-70(113)55-98-68(111)34-33-67(86(130)140-94(23,24)25)109-49-47-107(58-79(123)138-92(17,18)19)45-43-106(57-78(122)137-91(14,15)16)44-46-108(48-50-109)59-80(124)139-93(20,21)22/h62-67H,26-60H2,1-25H3,(H,95,112)(H,96,126)(H,97,125)(H,98,111)(H,99,114)(H,100,113)(H,101,110)(H,102,115)(H,103,127)(H,104,129)(H,105,128)(H,116,117)/t62-,63-,64-,65-,66-,67-/m1/s1. The number of ether oxygens (including phenoxy) is 10. The Hall–Kier alpha value is -10.8. The zero-order chi connectivity index (χ0) is 107. The number of nitrogens with zero attached hydrogens (tertiary/aromatic N) is 4. The molecule has 0 saturated carbocycles. The summed E-state index contributed by atoms with van der Waals surface area (Å²) in [6.45, 7) is 39.2. The maximum Gasteiger partial charge on any atom is 0.323 e. The number of carboxylic acids is 1. The van der Waals surface area contributed by atoms with Crippen molar-refractivity contribution >= 4 is 119 Å². The number of aliphatic carboxylic acids is 1. The van der Waals surface area contributed by atoms with Crippen LogP contribution in [0, 0.1) is 0 Å². The van der Waals surface area contributed by atoms with Crippen molar-refractivity contribution in [2.45, 2.75) is 344 Å². The van der Waals surface area contributed by atoms with Gasteiger partial charge in [-0.2, -0.15) is 0 Å². The van der Waals surface area contributed by atoms with Crippen molar-refractivity contribution in [1.29, 1.82) is 0 Å². The summed E-state index contributed by atoms with van der Waals surface area (Å²) in [5, 5.41) is 36.7. The summed E-state index contributed by atoms with van der Waals surface area (Å²) < 4.78 is 55.8. The van der Waals surface area contributed by atoms with Gasteiger partial charge in [0, 0.05) is 111 Å². The van der Waals surface area contributed by atoms with Crippen LogP contribution in [-0.2, 0) is 143 Å². The third-order valence-electron chi connectivity index (χ3n) is 18.8. The highest BCUT2D eigenvalue weighted by atomic mass is 16.6. The first-order chi connectivity index (χ1) is 64.4. The molecule has 800 valence electrons. The molecular weight excluding hydrogens is 1840 g/mol. The minimum absolute atomic E-state index is 0.00418. The second kappa shape index (κ2) is 61.8. The van der Waals surface area contributed by atoms with Gasteiger partial charge in [-0.25, -0.2) is 0 Å². The molecule has 46 nitrogen and oxygen atoms in total. The van der Waals surface area contributed by atoms with E-state index in [1.165, 1.54) is 0 Å². The maximum absolute atomic E-state index is 14.4. The molecule has 0 spiro atoms. The summed E-state index contributed by atoms with van der Waals surface area (Å²) in [6.07, 6.45) is -3.59. The highest BCUT2D eigenvalue weighted by molar-refractivity contribution is 5.96. The number of rotatable bonds is 55. The van der Waals surface area contributed by atoms with Crippen molar-refractivity contribution in [3.8, 4) is 0 Å². The Labute approximate surface area is 823 Å². The van der Waals surface area contributed by atoms with Crippen LogP contribution in [0.25, 0.3) is 0 Å². The third kappa shape index (κ3) is 66.7. The minimum Gasteiger partial charge on any atom is -0.481 e. The molecule has 1 saturated heterocycles. The Morgan fingerprint density at radius 1 is 0.279 bits per heavy atom. The molecule has 0 aromatic rings. The first-order valence-corrected chi connectivity index (χ1v) is 47.6. The fourth-order valence-electron chi connectivity index (χ4n) is 13.0. The van der Waals surface area contributed by atoms with Gasteiger partial charge in [0.1, 0.15) is 87.7 Å². The van der Waals surface area contributed by atoms with E-state index in [0.717, 1.165) is 6.92 Å². The number of unbranched alkanes of at least 4 members (excludes halogenated alkanes) is 1. The van der Waals surface area contributed by atoms with Crippen LogP contribution in [0.15, 0.2) is 0 Å². The van der Waals surface area contributed by atoms with Gasteiger partial charge in [-0.3, -0.25) is 115 Å². The molecular formula is C94H163N15O31. The van der Waals surface area contributed by atoms with E-state index in [1.54, 1.807) is 166 Å². The number of amides is 11. The summed E-state index contributed by atoms with van der Waals surface area (Å²) in [6, 6.07) is -8.41. The van der Waals surface area contributed by atoms with Gasteiger partial charge >= 0.3 is 53.7 Å². The second-order valence-electron chi connectivity index (χ2n) is 41.8. The molecule has 0 aliphatic carbocycles. The predicted octanol–water partition coefficient (Wildman–Crippen LogP) is 1.03. The van der Waals surface area contributed by atoms with E-state index in [0.29, 0.717) is 0 Å². The normalized spacial score (nSPS) is 14.9.